The molecule has 3 aromatic carbocycles. The van der Waals surface area contributed by atoms with Crippen LogP contribution in [0.5, 0.6) is 11.5 Å². The summed E-state index contributed by atoms with van der Waals surface area (Å²) in [5, 5.41) is 10.0. The van der Waals surface area contributed by atoms with Crippen molar-refractivity contribution >= 4 is 11.8 Å². The Morgan fingerprint density at radius 3 is 1.75 bits per heavy atom. The molecule has 0 aliphatic carbocycles. The largest absolute Gasteiger partial charge is 0.573 e. The molecule has 0 aliphatic rings. The van der Waals surface area contributed by atoms with E-state index in [9.17, 15) is 31.1 Å². The molecule has 0 unspecified atom stereocenters. The summed E-state index contributed by atoms with van der Waals surface area (Å²) in [5.74, 6) is -0.859. The van der Waals surface area contributed by atoms with Crippen molar-refractivity contribution < 1.29 is 40.6 Å². The van der Waals surface area contributed by atoms with Crippen molar-refractivity contribution in [2.45, 2.75) is 50.9 Å². The first-order valence-corrected chi connectivity index (χ1v) is 13.3. The fraction of sp³-hybridized carbons (Fsp3) is 0.290. The summed E-state index contributed by atoms with van der Waals surface area (Å²) in [4.78, 5) is 13.7. The van der Waals surface area contributed by atoms with E-state index in [1.54, 1.807) is 43.4 Å². The molecule has 0 fully saturated rings. The molecule has 0 saturated carbocycles. The summed E-state index contributed by atoms with van der Waals surface area (Å²) >= 11 is 0. The lowest BCUT2D eigenvalue weighted by Crippen LogP contribution is -2.50. The number of carbonyl (C=O) groups excluding carboxylic acids is 1. The summed E-state index contributed by atoms with van der Waals surface area (Å²) in [6.07, 6.45) is -10.1. The minimum atomic E-state index is -5.02. The number of ether oxygens (including phenoxy) is 2. The van der Waals surface area contributed by atoms with Crippen LogP contribution in [0.1, 0.15) is 43.2 Å². The van der Waals surface area contributed by atoms with Gasteiger partial charge in [0, 0.05) is 24.9 Å². The molecular formula is C31H30F6N4O3. The second kappa shape index (κ2) is 12.1. The molecule has 1 heterocycles. The SMILES string of the molecule is Cn1nc(C(C)(C)C)cc1NC(=O)NC(Cc1ccccc1)(c1cccc(OC(F)(F)F)c1)c1cccc(OC(F)(F)F)c1. The smallest absolute Gasteiger partial charge is 0.406 e. The molecule has 4 rings (SSSR count). The number of aromatic nitrogens is 2. The van der Waals surface area contributed by atoms with Crippen LogP contribution in [0, 0.1) is 0 Å². The van der Waals surface area contributed by atoms with Crippen LogP contribution in [-0.2, 0) is 24.4 Å². The summed E-state index contributed by atoms with van der Waals surface area (Å²) in [6.45, 7) is 5.82. The van der Waals surface area contributed by atoms with Crippen LogP contribution in [-0.4, -0.2) is 28.5 Å². The van der Waals surface area contributed by atoms with E-state index in [4.69, 9.17) is 0 Å². The number of anilines is 1. The third-order valence-electron chi connectivity index (χ3n) is 6.65. The van der Waals surface area contributed by atoms with E-state index in [0.29, 0.717) is 17.1 Å². The van der Waals surface area contributed by atoms with E-state index in [1.807, 2.05) is 20.8 Å². The van der Waals surface area contributed by atoms with E-state index in [0.717, 1.165) is 24.3 Å². The molecule has 2 amide bonds. The summed E-state index contributed by atoms with van der Waals surface area (Å²) < 4.78 is 88.9. The average molecular weight is 621 g/mol. The Bertz CT molecular complexity index is 1530. The zero-order valence-corrected chi connectivity index (χ0v) is 24.2. The van der Waals surface area contributed by atoms with E-state index in [1.165, 1.54) is 28.9 Å². The van der Waals surface area contributed by atoms with Gasteiger partial charge in [0.05, 0.1) is 11.2 Å². The third kappa shape index (κ3) is 8.23. The highest BCUT2D eigenvalue weighted by Crippen LogP contribution is 2.38. The Balaban J connectivity index is 1.89. The Morgan fingerprint density at radius 1 is 0.773 bits per heavy atom. The van der Waals surface area contributed by atoms with E-state index in [2.05, 4.69) is 25.2 Å². The molecule has 13 heteroatoms. The van der Waals surface area contributed by atoms with Crippen LogP contribution in [0.4, 0.5) is 37.0 Å². The molecule has 0 saturated heterocycles. The van der Waals surface area contributed by atoms with Gasteiger partial charge < -0.3 is 14.8 Å². The molecule has 0 aliphatic heterocycles. The first kappa shape index (κ1) is 32.2. The first-order valence-electron chi connectivity index (χ1n) is 13.3. The number of halogens is 6. The number of hydrogen-bond donors (Lipinski definition) is 2. The maximum atomic E-state index is 13.7. The van der Waals surface area contributed by atoms with Gasteiger partial charge in [-0.1, -0.05) is 75.4 Å². The van der Waals surface area contributed by atoms with Crippen LogP contribution >= 0.6 is 0 Å². The van der Waals surface area contributed by atoms with Crippen LogP contribution in [0.2, 0.25) is 0 Å². The summed E-state index contributed by atoms with van der Waals surface area (Å²) in [5.41, 5.74) is -0.575. The van der Waals surface area contributed by atoms with E-state index >= 15 is 0 Å². The normalized spacial score (nSPS) is 12.5. The lowest BCUT2D eigenvalue weighted by molar-refractivity contribution is -0.275. The molecule has 44 heavy (non-hydrogen) atoms. The monoisotopic (exact) mass is 620 g/mol. The quantitative estimate of drug-likeness (QED) is 0.197. The fourth-order valence-corrected chi connectivity index (χ4v) is 4.67. The van der Waals surface area contributed by atoms with E-state index < -0.39 is 35.8 Å². The van der Waals surface area contributed by atoms with Crippen LogP contribution in [0.3, 0.4) is 0 Å². The second-order valence-electron chi connectivity index (χ2n) is 11.1. The highest BCUT2D eigenvalue weighted by molar-refractivity contribution is 5.89. The Labute approximate surface area is 249 Å². The van der Waals surface area contributed by atoms with Crippen molar-refractivity contribution in [2.75, 3.05) is 5.32 Å². The van der Waals surface area contributed by atoms with Crippen molar-refractivity contribution in [1.29, 1.82) is 0 Å². The maximum Gasteiger partial charge on any atom is 0.573 e. The van der Waals surface area contributed by atoms with Gasteiger partial charge in [-0.05, 0) is 41.0 Å². The van der Waals surface area contributed by atoms with Gasteiger partial charge in [-0.25, -0.2) is 4.79 Å². The zero-order chi connectivity index (χ0) is 32.3. The number of carbonyl (C=O) groups is 1. The molecule has 0 atom stereocenters. The van der Waals surface area contributed by atoms with Gasteiger partial charge >= 0.3 is 18.8 Å². The first-order chi connectivity index (χ1) is 20.4. The maximum absolute atomic E-state index is 13.7. The highest BCUT2D eigenvalue weighted by Gasteiger charge is 2.39. The van der Waals surface area contributed by atoms with E-state index in [-0.39, 0.29) is 23.0 Å². The topological polar surface area (TPSA) is 77.4 Å². The number of hydrogen-bond acceptors (Lipinski definition) is 4. The summed E-state index contributed by atoms with van der Waals surface area (Å²) in [6, 6.07) is 19.3. The Morgan fingerprint density at radius 2 is 1.30 bits per heavy atom. The third-order valence-corrected chi connectivity index (χ3v) is 6.65. The van der Waals surface area contributed by atoms with Crippen molar-refractivity contribution in [3.63, 3.8) is 0 Å². The molecule has 0 radical (unpaired) electrons. The minimum Gasteiger partial charge on any atom is -0.406 e. The molecule has 1 aromatic heterocycles. The number of rotatable bonds is 8. The standard InChI is InChI=1S/C31H30F6N4O3/c1-28(2,3)25-18-26(41(4)40-25)38-27(42)39-29(19-20-10-6-5-7-11-20,21-12-8-14-23(16-21)43-30(32,33)34)22-13-9-15-24(17-22)44-31(35,36)37/h5-18H,19H2,1-4H3,(H2,38,39,42). The zero-order valence-electron chi connectivity index (χ0n) is 24.2. The van der Waals surface area contributed by atoms with Gasteiger partial charge in [0.1, 0.15) is 17.3 Å². The fourth-order valence-electron chi connectivity index (χ4n) is 4.67. The van der Waals surface area contributed by atoms with Gasteiger partial charge in [-0.2, -0.15) is 5.10 Å². The second-order valence-corrected chi connectivity index (χ2v) is 11.1. The number of urea groups is 1. The molecule has 2 N–H and O–H groups in total. The molecule has 0 spiro atoms. The molecule has 0 bridgehead atoms. The predicted octanol–water partition coefficient (Wildman–Crippen LogP) is 7.82. The van der Waals surface area contributed by atoms with Crippen molar-refractivity contribution in [3.8, 4) is 11.5 Å². The number of alkyl halides is 6. The lowest BCUT2D eigenvalue weighted by Gasteiger charge is -2.37. The predicted molar refractivity (Wildman–Crippen MR) is 151 cm³/mol. The van der Waals surface area contributed by atoms with Crippen molar-refractivity contribution in [2.24, 2.45) is 7.05 Å². The van der Waals surface area contributed by atoms with Crippen LogP contribution in [0.15, 0.2) is 84.9 Å². The molecule has 234 valence electrons. The van der Waals surface area contributed by atoms with Crippen molar-refractivity contribution in [3.05, 3.63) is 107 Å². The number of benzene rings is 3. The lowest BCUT2D eigenvalue weighted by atomic mass is 9.77. The van der Waals surface area contributed by atoms with Crippen molar-refractivity contribution in [1.82, 2.24) is 15.1 Å². The number of amides is 2. The molecular weight excluding hydrogens is 590 g/mol. The highest BCUT2D eigenvalue weighted by atomic mass is 19.4. The van der Waals surface area contributed by atoms with Gasteiger partial charge in [0.25, 0.3) is 0 Å². The number of nitrogens with zero attached hydrogens (tertiary/aromatic N) is 2. The van der Waals surface area contributed by atoms with Crippen LogP contribution in [0.25, 0.3) is 0 Å². The number of nitrogens with one attached hydrogen (secondary N) is 2. The van der Waals surface area contributed by atoms with Gasteiger partial charge in [0.15, 0.2) is 0 Å². The Hall–Kier alpha value is -4.68. The minimum absolute atomic E-state index is 0.0785. The summed E-state index contributed by atoms with van der Waals surface area (Å²) in [7, 11) is 1.62. The molecule has 7 nitrogen and oxygen atoms in total. The van der Waals surface area contributed by atoms with Gasteiger partial charge in [0.2, 0.25) is 0 Å². The molecule has 4 aromatic rings. The number of aryl methyl sites for hydroxylation is 1. The average Bonchev–Trinajstić information content (AvgIpc) is 3.27. The van der Waals surface area contributed by atoms with Gasteiger partial charge in [-0.3, -0.25) is 10.00 Å². The Kier molecular flexibility index (Phi) is 8.89. The van der Waals surface area contributed by atoms with Crippen LogP contribution < -0.4 is 20.1 Å². The van der Waals surface area contributed by atoms with Gasteiger partial charge in [-0.15, -0.1) is 26.3 Å².